The maximum absolute atomic E-state index is 11.8. The second-order valence-electron chi connectivity index (χ2n) is 3.89. The zero-order valence-corrected chi connectivity index (χ0v) is 10.7. The molecule has 96 valence electrons. The highest BCUT2D eigenvalue weighted by molar-refractivity contribution is 7.86. The van der Waals surface area contributed by atoms with E-state index in [2.05, 4.69) is 0 Å². The summed E-state index contributed by atoms with van der Waals surface area (Å²) in [4.78, 5) is 0.146. The highest BCUT2D eigenvalue weighted by Gasteiger charge is 2.17. The van der Waals surface area contributed by atoms with E-state index in [9.17, 15) is 8.42 Å². The van der Waals surface area contributed by atoms with Gasteiger partial charge in [-0.15, -0.1) is 0 Å². The quantitative estimate of drug-likeness (QED) is 0.757. The summed E-state index contributed by atoms with van der Waals surface area (Å²) in [6.45, 7) is 1.95. The van der Waals surface area contributed by atoms with Gasteiger partial charge in [-0.3, -0.25) is 4.18 Å². The van der Waals surface area contributed by atoms with Crippen LogP contribution in [0.2, 0.25) is 0 Å². The Hall–Kier alpha value is -0.910. The molecule has 1 rings (SSSR count). The largest absolute Gasteiger partial charge is 0.396 e. The molecule has 0 heterocycles. The van der Waals surface area contributed by atoms with Crippen LogP contribution >= 0.6 is 0 Å². The van der Waals surface area contributed by atoms with Gasteiger partial charge in [0.15, 0.2) is 0 Å². The minimum atomic E-state index is -3.69. The first kappa shape index (κ1) is 14.2. The van der Waals surface area contributed by atoms with Gasteiger partial charge in [0.05, 0.1) is 11.5 Å². The van der Waals surface area contributed by atoms with Gasteiger partial charge in [-0.1, -0.05) is 31.5 Å². The van der Waals surface area contributed by atoms with Crippen LogP contribution in [0.4, 0.5) is 0 Å². The molecule has 0 aliphatic heterocycles. The molecule has 1 atom stereocenters. The maximum atomic E-state index is 11.8. The number of rotatable bonds is 7. The molecule has 0 saturated heterocycles. The first-order chi connectivity index (χ1) is 8.10. The number of aliphatic hydroxyl groups excluding tert-OH is 1. The average Bonchev–Trinajstić information content (AvgIpc) is 2.35. The van der Waals surface area contributed by atoms with Gasteiger partial charge < -0.3 is 5.11 Å². The van der Waals surface area contributed by atoms with Crippen molar-refractivity contribution in [2.45, 2.75) is 24.7 Å². The molecule has 0 fully saturated rings. The molecule has 1 aromatic rings. The lowest BCUT2D eigenvalue weighted by molar-refractivity contribution is 0.159. The molecule has 0 spiro atoms. The summed E-state index contributed by atoms with van der Waals surface area (Å²) in [5, 5.41) is 9.05. The van der Waals surface area contributed by atoms with E-state index < -0.39 is 10.1 Å². The second-order valence-corrected chi connectivity index (χ2v) is 5.50. The van der Waals surface area contributed by atoms with E-state index in [1.54, 1.807) is 18.2 Å². The molecule has 0 bridgehead atoms. The SMILES string of the molecule is CCCC(CO)COS(=O)(=O)c1ccccc1. The van der Waals surface area contributed by atoms with Gasteiger partial charge >= 0.3 is 0 Å². The zero-order valence-electron chi connectivity index (χ0n) is 9.87. The molecule has 0 aliphatic rings. The Kier molecular flexibility index (Phi) is 5.61. The lowest BCUT2D eigenvalue weighted by atomic mass is 10.1. The maximum Gasteiger partial charge on any atom is 0.296 e. The Bertz CT molecular complexity index is 413. The fourth-order valence-electron chi connectivity index (χ4n) is 1.48. The Morgan fingerprint density at radius 1 is 1.29 bits per heavy atom. The van der Waals surface area contributed by atoms with Crippen LogP contribution in [0.3, 0.4) is 0 Å². The Morgan fingerprint density at radius 3 is 2.47 bits per heavy atom. The summed E-state index contributed by atoms with van der Waals surface area (Å²) in [6.07, 6.45) is 1.64. The lowest BCUT2D eigenvalue weighted by Gasteiger charge is -2.13. The second kappa shape index (κ2) is 6.74. The van der Waals surface area contributed by atoms with Crippen LogP contribution < -0.4 is 0 Å². The standard InChI is InChI=1S/C12H18O4S/c1-2-6-11(9-13)10-16-17(14,15)12-7-4-3-5-8-12/h3-5,7-8,11,13H,2,6,9-10H2,1H3. The van der Waals surface area contributed by atoms with Crippen molar-refractivity contribution in [2.24, 2.45) is 5.92 Å². The van der Waals surface area contributed by atoms with Crippen molar-refractivity contribution in [3.63, 3.8) is 0 Å². The summed E-state index contributed by atoms with van der Waals surface area (Å²) < 4.78 is 28.4. The molecule has 0 radical (unpaired) electrons. The highest BCUT2D eigenvalue weighted by atomic mass is 32.2. The van der Waals surface area contributed by atoms with E-state index in [4.69, 9.17) is 9.29 Å². The smallest absolute Gasteiger partial charge is 0.296 e. The Morgan fingerprint density at radius 2 is 1.94 bits per heavy atom. The summed E-state index contributed by atoms with van der Waals surface area (Å²) in [5.41, 5.74) is 0. The predicted octanol–water partition coefficient (Wildman–Crippen LogP) is 1.80. The van der Waals surface area contributed by atoms with Crippen molar-refractivity contribution >= 4 is 10.1 Å². The lowest BCUT2D eigenvalue weighted by Crippen LogP contribution is -2.17. The third-order valence-corrected chi connectivity index (χ3v) is 3.74. The van der Waals surface area contributed by atoms with Crippen molar-refractivity contribution in [1.82, 2.24) is 0 Å². The van der Waals surface area contributed by atoms with E-state index in [0.717, 1.165) is 12.8 Å². The molecule has 0 aliphatic carbocycles. The minimum absolute atomic E-state index is 0.0293. The van der Waals surface area contributed by atoms with Gasteiger partial charge in [-0.05, 0) is 18.6 Å². The fourth-order valence-corrected chi connectivity index (χ4v) is 2.47. The van der Waals surface area contributed by atoms with Crippen LogP contribution in [0, 0.1) is 5.92 Å². The van der Waals surface area contributed by atoms with Crippen LogP contribution in [-0.4, -0.2) is 26.7 Å². The number of benzene rings is 1. The topological polar surface area (TPSA) is 63.6 Å². The van der Waals surface area contributed by atoms with Crippen molar-refractivity contribution in [3.8, 4) is 0 Å². The number of aliphatic hydroxyl groups is 1. The summed E-state index contributed by atoms with van der Waals surface area (Å²) in [5.74, 6) is -0.126. The van der Waals surface area contributed by atoms with Crippen molar-refractivity contribution in [2.75, 3.05) is 13.2 Å². The highest BCUT2D eigenvalue weighted by Crippen LogP contribution is 2.14. The third-order valence-electron chi connectivity index (χ3n) is 2.45. The van der Waals surface area contributed by atoms with Crippen LogP contribution in [0.25, 0.3) is 0 Å². The molecule has 4 nitrogen and oxygen atoms in total. The summed E-state index contributed by atoms with van der Waals surface area (Å²) in [6, 6.07) is 8.01. The van der Waals surface area contributed by atoms with Gasteiger partial charge in [-0.25, -0.2) is 0 Å². The van der Waals surface area contributed by atoms with Crippen molar-refractivity contribution in [3.05, 3.63) is 30.3 Å². The first-order valence-corrected chi connectivity index (χ1v) is 7.06. The van der Waals surface area contributed by atoms with Crippen LogP contribution in [0.15, 0.2) is 35.2 Å². The van der Waals surface area contributed by atoms with Gasteiger partial charge in [0.1, 0.15) is 0 Å². The van der Waals surface area contributed by atoms with Crippen LogP contribution in [0.1, 0.15) is 19.8 Å². The van der Waals surface area contributed by atoms with E-state index in [1.807, 2.05) is 6.92 Å². The average molecular weight is 258 g/mol. The Labute approximate surface area is 102 Å². The predicted molar refractivity (Wildman–Crippen MR) is 65.1 cm³/mol. The van der Waals surface area contributed by atoms with Gasteiger partial charge in [-0.2, -0.15) is 8.42 Å². The monoisotopic (exact) mass is 258 g/mol. The van der Waals surface area contributed by atoms with Crippen LogP contribution in [0.5, 0.6) is 0 Å². The molecule has 0 aromatic heterocycles. The zero-order chi connectivity index (χ0) is 12.7. The minimum Gasteiger partial charge on any atom is -0.396 e. The molecule has 0 saturated carbocycles. The molecule has 1 N–H and O–H groups in total. The van der Waals surface area contributed by atoms with Gasteiger partial charge in [0.2, 0.25) is 0 Å². The molecule has 1 unspecified atom stereocenters. The normalized spacial score (nSPS) is 13.5. The molecule has 1 aromatic carbocycles. The summed E-state index contributed by atoms with van der Waals surface area (Å²) in [7, 11) is -3.69. The van der Waals surface area contributed by atoms with E-state index in [0.29, 0.717) is 0 Å². The van der Waals surface area contributed by atoms with E-state index >= 15 is 0 Å². The molecule has 0 amide bonds. The van der Waals surface area contributed by atoms with Crippen molar-refractivity contribution < 1.29 is 17.7 Å². The molecule has 17 heavy (non-hydrogen) atoms. The van der Waals surface area contributed by atoms with Gasteiger partial charge in [0.25, 0.3) is 10.1 Å². The number of hydrogen-bond donors (Lipinski definition) is 1. The molecule has 5 heteroatoms. The molecular formula is C12H18O4S. The third kappa shape index (κ3) is 4.46. The van der Waals surface area contributed by atoms with Crippen molar-refractivity contribution in [1.29, 1.82) is 0 Å². The molecular weight excluding hydrogens is 240 g/mol. The Balaban J connectivity index is 2.62. The number of hydrogen-bond acceptors (Lipinski definition) is 4. The van der Waals surface area contributed by atoms with E-state index in [-0.39, 0.29) is 24.0 Å². The van der Waals surface area contributed by atoms with Gasteiger partial charge in [0, 0.05) is 12.5 Å². The van der Waals surface area contributed by atoms with Crippen LogP contribution in [-0.2, 0) is 14.3 Å². The summed E-state index contributed by atoms with van der Waals surface area (Å²) >= 11 is 0. The fraction of sp³-hybridized carbons (Fsp3) is 0.500. The first-order valence-electron chi connectivity index (χ1n) is 5.65. The van der Waals surface area contributed by atoms with E-state index in [1.165, 1.54) is 12.1 Å².